The van der Waals surface area contributed by atoms with Crippen molar-refractivity contribution in [2.24, 2.45) is 0 Å². The Hall–Kier alpha value is -3.70. The van der Waals surface area contributed by atoms with Crippen LogP contribution in [0, 0.1) is 11.6 Å². The van der Waals surface area contributed by atoms with Gasteiger partial charge in [-0.3, -0.25) is 0 Å². The second-order valence-electron chi connectivity index (χ2n) is 9.77. The third-order valence-electron chi connectivity index (χ3n) is 6.98. The molecule has 39 heavy (non-hydrogen) atoms. The first-order valence-electron chi connectivity index (χ1n) is 12.9. The zero-order chi connectivity index (χ0) is 27.4. The Morgan fingerprint density at radius 1 is 0.949 bits per heavy atom. The Labute approximate surface area is 226 Å². The minimum atomic E-state index is -3.98. The molecule has 3 aromatic carbocycles. The largest absolute Gasteiger partial charge is 0.382 e. The van der Waals surface area contributed by atoms with Crippen LogP contribution in [-0.2, 0) is 23.1 Å². The van der Waals surface area contributed by atoms with Crippen LogP contribution in [0.1, 0.15) is 43.2 Å². The molecule has 0 spiro atoms. The second-order valence-corrected chi connectivity index (χ2v) is 11.8. The average Bonchev–Trinajstić information content (AvgIpc) is 3.40. The van der Waals surface area contributed by atoms with Gasteiger partial charge in [-0.1, -0.05) is 55.7 Å². The highest BCUT2D eigenvalue weighted by Gasteiger charge is 2.25. The summed E-state index contributed by atoms with van der Waals surface area (Å²) in [5, 5.41) is 16.2. The Kier molecular flexibility index (Phi) is 7.99. The monoisotopic (exact) mass is 552 g/mol. The lowest BCUT2D eigenvalue weighted by Gasteiger charge is -2.25. The molecule has 1 fully saturated rings. The van der Waals surface area contributed by atoms with E-state index >= 15 is 0 Å². The number of hydrogen-bond acceptors (Lipinski definition) is 6. The van der Waals surface area contributed by atoms with Gasteiger partial charge in [0.05, 0.1) is 11.4 Å². The molecule has 1 N–H and O–H groups in total. The maximum atomic E-state index is 14.2. The lowest BCUT2D eigenvalue weighted by atomic mass is 9.95. The number of hydrogen-bond donors (Lipinski definition) is 1. The van der Waals surface area contributed by atoms with E-state index in [0.717, 1.165) is 30.0 Å². The van der Waals surface area contributed by atoms with Crippen molar-refractivity contribution in [3.05, 3.63) is 89.5 Å². The number of benzene rings is 3. The molecule has 1 heterocycles. The predicted molar refractivity (Wildman–Crippen MR) is 144 cm³/mol. The van der Waals surface area contributed by atoms with Gasteiger partial charge >= 0.3 is 0 Å². The van der Waals surface area contributed by atoms with Gasteiger partial charge in [0.15, 0.2) is 0 Å². The summed E-state index contributed by atoms with van der Waals surface area (Å²) in [6.07, 6.45) is 5.47. The first kappa shape index (κ1) is 26.9. The second kappa shape index (κ2) is 11.6. The van der Waals surface area contributed by atoms with E-state index in [2.05, 4.69) is 20.7 Å². The minimum Gasteiger partial charge on any atom is -0.382 e. The van der Waals surface area contributed by atoms with Gasteiger partial charge in [0, 0.05) is 42.0 Å². The summed E-state index contributed by atoms with van der Waals surface area (Å²) in [5.41, 5.74) is 1.86. The number of sulfonamides is 1. The van der Waals surface area contributed by atoms with Gasteiger partial charge in [0.25, 0.3) is 0 Å². The summed E-state index contributed by atoms with van der Waals surface area (Å²) >= 11 is 0. The summed E-state index contributed by atoms with van der Waals surface area (Å²) in [4.78, 5) is 1.31. The van der Waals surface area contributed by atoms with Crippen LogP contribution in [0.2, 0.25) is 0 Å². The van der Waals surface area contributed by atoms with Crippen LogP contribution in [-0.4, -0.2) is 46.0 Å². The van der Waals surface area contributed by atoms with Crippen LogP contribution in [0.4, 0.5) is 14.5 Å². The van der Waals surface area contributed by atoms with Crippen molar-refractivity contribution in [2.75, 3.05) is 12.4 Å². The first-order valence-corrected chi connectivity index (χ1v) is 14.4. The van der Waals surface area contributed by atoms with Crippen molar-refractivity contribution in [1.29, 1.82) is 0 Å². The summed E-state index contributed by atoms with van der Waals surface area (Å²) in [6, 6.07) is 17.4. The summed E-state index contributed by atoms with van der Waals surface area (Å²) < 4.78 is 56.5. The highest BCUT2D eigenvalue weighted by molar-refractivity contribution is 7.89. The van der Waals surface area contributed by atoms with Crippen LogP contribution in [0.15, 0.2) is 71.6 Å². The molecule has 1 aliphatic carbocycles. The molecule has 0 aliphatic heterocycles. The van der Waals surface area contributed by atoms with E-state index in [4.69, 9.17) is 0 Å². The van der Waals surface area contributed by atoms with Gasteiger partial charge in [-0.2, -0.15) is 9.10 Å². The van der Waals surface area contributed by atoms with Crippen LogP contribution in [0.25, 0.3) is 11.4 Å². The quantitative estimate of drug-likeness (QED) is 0.306. The summed E-state index contributed by atoms with van der Waals surface area (Å²) in [6.45, 7) is -0.0437. The van der Waals surface area contributed by atoms with Crippen molar-refractivity contribution in [2.45, 2.75) is 56.1 Å². The number of rotatable bonds is 9. The van der Waals surface area contributed by atoms with Crippen molar-refractivity contribution < 1.29 is 17.2 Å². The molecule has 4 aromatic rings. The van der Waals surface area contributed by atoms with Gasteiger partial charge in [0.1, 0.15) is 11.6 Å². The van der Waals surface area contributed by atoms with Crippen molar-refractivity contribution in [1.82, 2.24) is 24.5 Å². The fourth-order valence-corrected chi connectivity index (χ4v) is 5.97. The maximum absolute atomic E-state index is 14.2. The molecule has 8 nitrogen and oxygen atoms in total. The Morgan fingerprint density at radius 3 is 2.31 bits per heavy atom. The smallest absolute Gasteiger partial charge is 0.243 e. The molecule has 0 saturated heterocycles. The van der Waals surface area contributed by atoms with Gasteiger partial charge in [-0.25, -0.2) is 17.2 Å². The zero-order valence-electron chi connectivity index (χ0n) is 21.6. The van der Waals surface area contributed by atoms with Crippen molar-refractivity contribution in [3.8, 4) is 11.4 Å². The van der Waals surface area contributed by atoms with E-state index in [1.807, 2.05) is 0 Å². The van der Waals surface area contributed by atoms with Gasteiger partial charge in [-0.15, -0.1) is 10.2 Å². The number of halogens is 2. The molecule has 204 valence electrons. The Bertz CT molecular complexity index is 1550. The van der Waals surface area contributed by atoms with E-state index in [9.17, 15) is 17.2 Å². The van der Waals surface area contributed by atoms with E-state index in [-0.39, 0.29) is 41.2 Å². The zero-order valence-corrected chi connectivity index (χ0v) is 22.4. The van der Waals surface area contributed by atoms with Crippen molar-refractivity contribution >= 4 is 15.7 Å². The molecule has 0 amide bonds. The van der Waals surface area contributed by atoms with E-state index in [1.54, 1.807) is 42.5 Å². The SMILES string of the molecule is CN(Cc1ccccc1F)S(=O)(=O)c1ccc(NC2CCCCC2)c(-c2nnn(Cc3ccccc3F)n2)c1. The molecule has 11 heteroatoms. The number of aromatic nitrogens is 4. The van der Waals surface area contributed by atoms with Gasteiger partial charge in [0.2, 0.25) is 15.8 Å². The summed E-state index contributed by atoms with van der Waals surface area (Å²) in [7, 11) is -2.56. The third kappa shape index (κ3) is 6.15. The highest BCUT2D eigenvalue weighted by Crippen LogP contribution is 2.32. The molecular formula is C28H30F2N6O2S. The molecule has 1 aliphatic rings. The topological polar surface area (TPSA) is 93.0 Å². The molecule has 1 saturated carbocycles. The molecule has 0 radical (unpaired) electrons. The Morgan fingerprint density at radius 2 is 1.62 bits per heavy atom. The third-order valence-corrected chi connectivity index (χ3v) is 8.78. The molecular weight excluding hydrogens is 522 g/mol. The fourth-order valence-electron chi connectivity index (χ4n) is 4.79. The molecule has 0 bridgehead atoms. The lowest BCUT2D eigenvalue weighted by Crippen LogP contribution is -2.27. The number of nitrogens with zero attached hydrogens (tertiary/aromatic N) is 5. The Balaban J connectivity index is 1.47. The van der Waals surface area contributed by atoms with Gasteiger partial charge in [-0.05, 0) is 48.4 Å². The van der Waals surface area contributed by atoms with Gasteiger partial charge < -0.3 is 5.32 Å². The lowest BCUT2D eigenvalue weighted by molar-refractivity contribution is 0.456. The maximum Gasteiger partial charge on any atom is 0.243 e. The average molecular weight is 553 g/mol. The number of tetrazole rings is 1. The molecule has 0 unspecified atom stereocenters. The first-order chi connectivity index (χ1) is 18.8. The molecule has 5 rings (SSSR count). The van der Waals surface area contributed by atoms with E-state index in [1.165, 1.54) is 42.5 Å². The fraction of sp³-hybridized carbons (Fsp3) is 0.321. The number of nitrogens with one attached hydrogen (secondary N) is 1. The van der Waals surface area contributed by atoms with Crippen LogP contribution >= 0.6 is 0 Å². The highest BCUT2D eigenvalue weighted by atomic mass is 32.2. The molecule has 0 atom stereocenters. The molecule has 1 aromatic heterocycles. The normalized spacial score (nSPS) is 14.6. The van der Waals surface area contributed by atoms with Crippen LogP contribution in [0.3, 0.4) is 0 Å². The van der Waals surface area contributed by atoms with E-state index < -0.39 is 15.8 Å². The van der Waals surface area contributed by atoms with Crippen LogP contribution in [0.5, 0.6) is 0 Å². The standard InChI is InChI=1S/C28H30F2N6O2S/c1-35(18-20-9-5-7-13-25(20)29)39(37,38)23-15-16-27(31-22-11-3-2-4-12-22)24(17-23)28-32-34-36(33-28)19-21-10-6-8-14-26(21)30/h5-10,13-17,22,31H,2-4,11-12,18-19H2,1H3. The van der Waals surface area contributed by atoms with Crippen LogP contribution < -0.4 is 5.32 Å². The number of anilines is 1. The van der Waals surface area contributed by atoms with E-state index in [0.29, 0.717) is 16.8 Å². The van der Waals surface area contributed by atoms with Crippen molar-refractivity contribution in [3.63, 3.8) is 0 Å². The summed E-state index contributed by atoms with van der Waals surface area (Å²) in [5.74, 6) is -0.622. The predicted octanol–water partition coefficient (Wildman–Crippen LogP) is 5.23. The minimum absolute atomic E-state index is 0.0241.